The fourth-order valence-electron chi connectivity index (χ4n) is 1.87. The quantitative estimate of drug-likeness (QED) is 0.824. The molecule has 8 heteroatoms. The van der Waals surface area contributed by atoms with Gasteiger partial charge in [-0.25, -0.2) is 8.42 Å². The van der Waals surface area contributed by atoms with Gasteiger partial charge < -0.3 is 5.73 Å². The number of aryl methyl sites for hydroxylation is 1. The Morgan fingerprint density at radius 3 is 2.75 bits per heavy atom. The molecule has 16 heavy (non-hydrogen) atoms. The maximum atomic E-state index is 12.2. The number of nitrogens with zero attached hydrogens (tertiary/aromatic N) is 3. The molecule has 1 saturated heterocycles. The van der Waals surface area contributed by atoms with E-state index < -0.39 is 16.2 Å². The molecule has 1 aliphatic heterocycles. The van der Waals surface area contributed by atoms with Crippen molar-refractivity contribution in [3.05, 3.63) is 11.2 Å². The van der Waals surface area contributed by atoms with Crippen molar-refractivity contribution in [3.63, 3.8) is 0 Å². The number of rotatable bonds is 2. The molecule has 0 saturated carbocycles. The molecule has 0 amide bonds. The van der Waals surface area contributed by atoms with E-state index in [0.717, 1.165) is 6.42 Å². The van der Waals surface area contributed by atoms with Gasteiger partial charge in [-0.2, -0.15) is 9.40 Å². The van der Waals surface area contributed by atoms with Gasteiger partial charge in [-0.3, -0.25) is 4.68 Å². The molecule has 1 fully saturated rings. The first-order valence-corrected chi connectivity index (χ1v) is 6.71. The normalized spacial score (nSPS) is 22.8. The van der Waals surface area contributed by atoms with Gasteiger partial charge in [0, 0.05) is 13.6 Å². The zero-order chi connectivity index (χ0) is 11.9. The fourth-order valence-corrected chi connectivity index (χ4v) is 4.06. The molecule has 2 N–H and O–H groups in total. The molecular formula is C8H13ClN4O2S. The van der Waals surface area contributed by atoms with Crippen LogP contribution in [0.2, 0.25) is 5.02 Å². The van der Waals surface area contributed by atoms with Gasteiger partial charge in [-0.05, 0) is 12.8 Å². The molecule has 6 nitrogen and oxygen atoms in total. The van der Waals surface area contributed by atoms with Gasteiger partial charge in [0.05, 0.1) is 17.4 Å². The molecule has 0 radical (unpaired) electrons. The summed E-state index contributed by atoms with van der Waals surface area (Å²) in [6.07, 6.45) is 2.30. The number of aromatic nitrogens is 2. The zero-order valence-electron chi connectivity index (χ0n) is 8.80. The van der Waals surface area contributed by atoms with Crippen molar-refractivity contribution in [2.75, 3.05) is 6.54 Å². The molecule has 1 atom stereocenters. The predicted molar refractivity (Wildman–Crippen MR) is 59.3 cm³/mol. The molecule has 2 rings (SSSR count). The van der Waals surface area contributed by atoms with Gasteiger partial charge in [0.25, 0.3) is 10.0 Å². The van der Waals surface area contributed by atoms with Crippen LogP contribution in [-0.4, -0.2) is 35.2 Å². The molecule has 0 bridgehead atoms. The molecule has 2 heterocycles. The third-order valence-electron chi connectivity index (χ3n) is 2.64. The molecule has 1 aliphatic rings. The van der Waals surface area contributed by atoms with Gasteiger partial charge in [-0.1, -0.05) is 11.6 Å². The van der Waals surface area contributed by atoms with Crippen LogP contribution in [0, 0.1) is 0 Å². The van der Waals surface area contributed by atoms with Crippen LogP contribution in [-0.2, 0) is 17.1 Å². The molecule has 1 unspecified atom stereocenters. The smallest absolute Gasteiger partial charge is 0.263 e. The van der Waals surface area contributed by atoms with E-state index in [2.05, 4.69) is 5.10 Å². The Hall–Kier alpha value is -0.630. The second kappa shape index (κ2) is 3.99. The molecule has 0 aliphatic carbocycles. The summed E-state index contributed by atoms with van der Waals surface area (Å²) in [4.78, 5) is 0. The van der Waals surface area contributed by atoms with E-state index in [4.69, 9.17) is 17.3 Å². The van der Waals surface area contributed by atoms with E-state index in [0.29, 0.717) is 13.0 Å². The molecule has 1 aromatic rings. The van der Waals surface area contributed by atoms with Crippen molar-refractivity contribution >= 4 is 21.6 Å². The highest BCUT2D eigenvalue weighted by Crippen LogP contribution is 2.27. The van der Waals surface area contributed by atoms with Crippen molar-refractivity contribution in [3.8, 4) is 0 Å². The predicted octanol–water partition coefficient (Wildman–Crippen LogP) is 0.143. The highest BCUT2D eigenvalue weighted by molar-refractivity contribution is 7.89. The summed E-state index contributed by atoms with van der Waals surface area (Å²) in [5.41, 5.74) is 5.75. The van der Waals surface area contributed by atoms with E-state index in [-0.39, 0.29) is 10.0 Å². The minimum Gasteiger partial charge on any atom is -0.315 e. The Kier molecular flexibility index (Phi) is 2.95. The van der Waals surface area contributed by atoms with Crippen LogP contribution in [0.1, 0.15) is 12.8 Å². The van der Waals surface area contributed by atoms with Crippen molar-refractivity contribution in [2.45, 2.75) is 24.0 Å². The van der Waals surface area contributed by atoms with Gasteiger partial charge >= 0.3 is 0 Å². The average molecular weight is 265 g/mol. The van der Waals surface area contributed by atoms with Crippen molar-refractivity contribution in [2.24, 2.45) is 12.8 Å². The van der Waals surface area contributed by atoms with Gasteiger partial charge in [0.1, 0.15) is 0 Å². The van der Waals surface area contributed by atoms with E-state index in [1.807, 2.05) is 0 Å². The fraction of sp³-hybridized carbons (Fsp3) is 0.625. The highest BCUT2D eigenvalue weighted by Gasteiger charge is 2.36. The van der Waals surface area contributed by atoms with Crippen LogP contribution in [0.5, 0.6) is 0 Å². The molecule has 0 spiro atoms. The van der Waals surface area contributed by atoms with Gasteiger partial charge in [0.15, 0.2) is 5.03 Å². The standard InChI is InChI=1S/C8H13ClN4O2S/c1-12-8(6(9)5-11-12)16(14,15)13-4-2-3-7(13)10/h5,7H,2-4,10H2,1H3. The second-order valence-electron chi connectivity index (χ2n) is 3.75. The Morgan fingerprint density at radius 2 is 2.31 bits per heavy atom. The number of halogens is 1. The summed E-state index contributed by atoms with van der Waals surface area (Å²) >= 11 is 5.83. The van der Waals surface area contributed by atoms with E-state index in [1.54, 1.807) is 7.05 Å². The van der Waals surface area contributed by atoms with Crippen LogP contribution < -0.4 is 5.73 Å². The Morgan fingerprint density at radius 1 is 1.62 bits per heavy atom. The summed E-state index contributed by atoms with van der Waals surface area (Å²) in [6.45, 7) is 0.436. The first-order chi connectivity index (χ1) is 7.44. The van der Waals surface area contributed by atoms with Crippen LogP contribution in [0.4, 0.5) is 0 Å². The zero-order valence-corrected chi connectivity index (χ0v) is 10.4. The minimum absolute atomic E-state index is 0.00603. The maximum absolute atomic E-state index is 12.2. The lowest BCUT2D eigenvalue weighted by Crippen LogP contribution is -2.41. The highest BCUT2D eigenvalue weighted by atomic mass is 35.5. The number of hydrogen-bond acceptors (Lipinski definition) is 4. The van der Waals surface area contributed by atoms with E-state index >= 15 is 0 Å². The summed E-state index contributed by atoms with van der Waals surface area (Å²) in [7, 11) is -2.09. The van der Waals surface area contributed by atoms with Gasteiger partial charge in [0.2, 0.25) is 0 Å². The van der Waals surface area contributed by atoms with Crippen LogP contribution >= 0.6 is 11.6 Å². The maximum Gasteiger partial charge on any atom is 0.263 e. The summed E-state index contributed by atoms with van der Waals surface area (Å²) < 4.78 is 27.0. The third-order valence-corrected chi connectivity index (χ3v) is 5.08. The largest absolute Gasteiger partial charge is 0.315 e. The minimum atomic E-state index is -3.63. The van der Waals surface area contributed by atoms with Crippen LogP contribution in [0.3, 0.4) is 0 Å². The average Bonchev–Trinajstić information content (AvgIpc) is 2.73. The van der Waals surface area contributed by atoms with Crippen molar-refractivity contribution in [1.82, 2.24) is 14.1 Å². The molecule has 90 valence electrons. The Bertz CT molecular complexity index is 479. The number of hydrogen-bond donors (Lipinski definition) is 1. The first-order valence-electron chi connectivity index (χ1n) is 4.89. The van der Waals surface area contributed by atoms with Crippen molar-refractivity contribution in [1.29, 1.82) is 0 Å². The SMILES string of the molecule is Cn1ncc(Cl)c1S(=O)(=O)N1CCCC1N. The summed E-state index contributed by atoms with van der Waals surface area (Å²) in [5, 5.41) is 3.95. The van der Waals surface area contributed by atoms with Gasteiger partial charge in [-0.15, -0.1) is 0 Å². The lowest BCUT2D eigenvalue weighted by atomic mass is 10.3. The molecule has 1 aromatic heterocycles. The molecular weight excluding hydrogens is 252 g/mol. The second-order valence-corrected chi connectivity index (χ2v) is 5.96. The van der Waals surface area contributed by atoms with E-state index in [1.165, 1.54) is 15.2 Å². The van der Waals surface area contributed by atoms with Crippen LogP contribution in [0.15, 0.2) is 11.2 Å². The molecule has 0 aromatic carbocycles. The van der Waals surface area contributed by atoms with Crippen molar-refractivity contribution < 1.29 is 8.42 Å². The first kappa shape index (κ1) is 11.8. The summed E-state index contributed by atoms with van der Waals surface area (Å²) in [6, 6.07) is 0. The van der Waals surface area contributed by atoms with E-state index in [9.17, 15) is 8.42 Å². The third kappa shape index (κ3) is 1.73. The van der Waals surface area contributed by atoms with Crippen LogP contribution in [0.25, 0.3) is 0 Å². The monoisotopic (exact) mass is 264 g/mol. The summed E-state index contributed by atoms with van der Waals surface area (Å²) in [5.74, 6) is 0. The Labute approximate surface area is 99.0 Å². The number of nitrogens with two attached hydrogens (primary N) is 1. The lowest BCUT2D eigenvalue weighted by Gasteiger charge is -2.20. The number of sulfonamides is 1. The Balaban J connectivity index is 2.47. The lowest BCUT2D eigenvalue weighted by molar-refractivity contribution is 0.391. The topological polar surface area (TPSA) is 81.2 Å².